The Hall–Kier alpha value is -1.03. The molecular formula is C14H19FN2O4S2. The molecule has 2 aliphatic rings. The van der Waals surface area contributed by atoms with Gasteiger partial charge in [0, 0.05) is 32.2 Å². The van der Waals surface area contributed by atoms with Gasteiger partial charge in [-0.3, -0.25) is 4.90 Å². The first kappa shape index (κ1) is 16.8. The van der Waals surface area contributed by atoms with Crippen molar-refractivity contribution in [1.82, 2.24) is 9.21 Å². The molecule has 0 N–H and O–H groups in total. The van der Waals surface area contributed by atoms with Gasteiger partial charge in [-0.05, 0) is 30.7 Å². The lowest BCUT2D eigenvalue weighted by Gasteiger charge is -2.36. The summed E-state index contributed by atoms with van der Waals surface area (Å²) in [5.41, 5.74) is 0. The van der Waals surface area contributed by atoms with Crippen LogP contribution in [0.3, 0.4) is 0 Å². The van der Waals surface area contributed by atoms with E-state index in [2.05, 4.69) is 4.90 Å². The van der Waals surface area contributed by atoms with Gasteiger partial charge in [0.2, 0.25) is 10.0 Å². The van der Waals surface area contributed by atoms with E-state index in [0.29, 0.717) is 32.6 Å². The van der Waals surface area contributed by atoms with Crippen molar-refractivity contribution in [3.8, 4) is 0 Å². The van der Waals surface area contributed by atoms with Gasteiger partial charge in [0.25, 0.3) is 0 Å². The molecule has 0 saturated carbocycles. The van der Waals surface area contributed by atoms with Gasteiger partial charge in [0.05, 0.1) is 16.4 Å². The van der Waals surface area contributed by atoms with Crippen LogP contribution in [-0.4, -0.2) is 69.8 Å². The molecule has 0 spiro atoms. The largest absolute Gasteiger partial charge is 0.297 e. The van der Waals surface area contributed by atoms with Crippen LogP contribution in [0.2, 0.25) is 0 Å². The topological polar surface area (TPSA) is 74.8 Å². The molecule has 128 valence electrons. The first-order chi connectivity index (χ1) is 10.8. The highest BCUT2D eigenvalue weighted by Crippen LogP contribution is 2.22. The summed E-state index contributed by atoms with van der Waals surface area (Å²) >= 11 is 0. The van der Waals surface area contributed by atoms with Crippen molar-refractivity contribution in [3.63, 3.8) is 0 Å². The first-order valence-corrected chi connectivity index (χ1v) is 10.7. The molecule has 9 heteroatoms. The molecule has 6 nitrogen and oxygen atoms in total. The molecule has 1 atom stereocenters. The van der Waals surface area contributed by atoms with Crippen LogP contribution in [0.15, 0.2) is 29.2 Å². The Kier molecular flexibility index (Phi) is 4.47. The van der Waals surface area contributed by atoms with Crippen LogP contribution in [0.5, 0.6) is 0 Å². The monoisotopic (exact) mass is 362 g/mol. The van der Waals surface area contributed by atoms with E-state index < -0.39 is 25.7 Å². The highest BCUT2D eigenvalue weighted by molar-refractivity contribution is 7.91. The predicted molar refractivity (Wildman–Crippen MR) is 83.8 cm³/mol. The number of piperazine rings is 1. The molecule has 2 fully saturated rings. The summed E-state index contributed by atoms with van der Waals surface area (Å²) in [6, 6.07) is 4.79. The lowest BCUT2D eigenvalue weighted by Crippen LogP contribution is -2.52. The Labute approximate surface area is 135 Å². The fourth-order valence-corrected chi connectivity index (χ4v) is 6.31. The Bertz CT molecular complexity index is 770. The third-order valence-electron chi connectivity index (χ3n) is 4.45. The summed E-state index contributed by atoms with van der Waals surface area (Å²) in [4.78, 5) is 2.14. The minimum atomic E-state index is -3.63. The Morgan fingerprint density at radius 3 is 2.17 bits per heavy atom. The lowest BCUT2D eigenvalue weighted by atomic mass is 10.2. The van der Waals surface area contributed by atoms with Crippen molar-refractivity contribution in [2.45, 2.75) is 17.4 Å². The zero-order valence-corrected chi connectivity index (χ0v) is 14.2. The van der Waals surface area contributed by atoms with Crippen LogP contribution in [0.4, 0.5) is 4.39 Å². The minimum absolute atomic E-state index is 0.00400. The Morgan fingerprint density at radius 1 is 1.04 bits per heavy atom. The van der Waals surface area contributed by atoms with E-state index in [0.717, 1.165) is 12.1 Å². The van der Waals surface area contributed by atoms with E-state index in [4.69, 9.17) is 0 Å². The van der Waals surface area contributed by atoms with E-state index in [1.165, 1.54) is 16.4 Å². The summed E-state index contributed by atoms with van der Waals surface area (Å²) < 4.78 is 62.5. The third-order valence-corrected chi connectivity index (χ3v) is 8.11. The second-order valence-electron chi connectivity index (χ2n) is 5.95. The number of sulfone groups is 1. The molecule has 0 bridgehead atoms. The van der Waals surface area contributed by atoms with Gasteiger partial charge in [-0.2, -0.15) is 4.31 Å². The van der Waals surface area contributed by atoms with Gasteiger partial charge in [0.15, 0.2) is 9.84 Å². The van der Waals surface area contributed by atoms with E-state index in [9.17, 15) is 21.2 Å². The summed E-state index contributed by atoms with van der Waals surface area (Å²) in [6.45, 7) is 1.66. The molecule has 23 heavy (non-hydrogen) atoms. The third kappa shape index (κ3) is 3.57. The second-order valence-corrected chi connectivity index (χ2v) is 10.1. The molecule has 3 rings (SSSR count). The predicted octanol–water partition coefficient (Wildman–Crippen LogP) is 0.319. The highest BCUT2D eigenvalue weighted by Gasteiger charge is 2.36. The second kappa shape index (κ2) is 6.12. The number of hydrogen-bond acceptors (Lipinski definition) is 5. The summed E-state index contributed by atoms with van der Waals surface area (Å²) in [5, 5.41) is 0. The van der Waals surface area contributed by atoms with Crippen molar-refractivity contribution < 1.29 is 21.2 Å². The van der Waals surface area contributed by atoms with Gasteiger partial charge < -0.3 is 0 Å². The van der Waals surface area contributed by atoms with E-state index in [1.807, 2.05) is 0 Å². The van der Waals surface area contributed by atoms with Gasteiger partial charge in [-0.25, -0.2) is 21.2 Å². The van der Waals surface area contributed by atoms with Crippen molar-refractivity contribution in [2.75, 3.05) is 37.7 Å². The molecule has 2 heterocycles. The summed E-state index contributed by atoms with van der Waals surface area (Å²) in [7, 11) is -6.57. The number of rotatable bonds is 3. The first-order valence-electron chi connectivity index (χ1n) is 7.48. The molecule has 2 aliphatic heterocycles. The van der Waals surface area contributed by atoms with Crippen molar-refractivity contribution in [3.05, 3.63) is 30.1 Å². The Morgan fingerprint density at radius 2 is 1.65 bits per heavy atom. The lowest BCUT2D eigenvalue weighted by molar-refractivity contribution is 0.148. The van der Waals surface area contributed by atoms with E-state index in [-0.39, 0.29) is 22.4 Å². The molecule has 2 saturated heterocycles. The zero-order chi connectivity index (χ0) is 16.7. The molecule has 0 amide bonds. The van der Waals surface area contributed by atoms with Crippen molar-refractivity contribution >= 4 is 19.9 Å². The smallest absolute Gasteiger partial charge is 0.243 e. The number of sulfonamides is 1. The zero-order valence-electron chi connectivity index (χ0n) is 12.6. The number of benzene rings is 1. The maximum absolute atomic E-state index is 12.9. The van der Waals surface area contributed by atoms with Gasteiger partial charge in [0.1, 0.15) is 5.82 Å². The number of hydrogen-bond donors (Lipinski definition) is 0. The van der Waals surface area contributed by atoms with E-state index in [1.54, 1.807) is 0 Å². The number of halogens is 1. The van der Waals surface area contributed by atoms with Crippen LogP contribution < -0.4 is 0 Å². The van der Waals surface area contributed by atoms with Crippen molar-refractivity contribution in [1.29, 1.82) is 0 Å². The summed E-state index contributed by atoms with van der Waals surface area (Å²) in [5.74, 6) is -0.0973. The van der Waals surface area contributed by atoms with Crippen molar-refractivity contribution in [2.24, 2.45) is 0 Å². The molecule has 0 radical (unpaired) electrons. The SMILES string of the molecule is O=S1(=O)CC[C@H](N2CCN(S(=O)(=O)c3ccc(F)cc3)CC2)C1. The van der Waals surface area contributed by atoms with Crippen LogP contribution in [-0.2, 0) is 19.9 Å². The van der Waals surface area contributed by atoms with Crippen LogP contribution in [0.25, 0.3) is 0 Å². The minimum Gasteiger partial charge on any atom is -0.297 e. The molecule has 0 aromatic heterocycles. The quantitative estimate of drug-likeness (QED) is 0.774. The fourth-order valence-electron chi connectivity index (χ4n) is 3.13. The molecular weight excluding hydrogens is 343 g/mol. The molecule has 1 aromatic carbocycles. The van der Waals surface area contributed by atoms with Gasteiger partial charge in [-0.15, -0.1) is 0 Å². The van der Waals surface area contributed by atoms with Crippen LogP contribution >= 0.6 is 0 Å². The van der Waals surface area contributed by atoms with E-state index >= 15 is 0 Å². The molecule has 0 aliphatic carbocycles. The fraction of sp³-hybridized carbons (Fsp3) is 0.571. The maximum atomic E-state index is 12.9. The normalized spacial score (nSPS) is 26.4. The average molecular weight is 362 g/mol. The van der Waals surface area contributed by atoms with Gasteiger partial charge in [-0.1, -0.05) is 0 Å². The number of nitrogens with zero attached hydrogens (tertiary/aromatic N) is 2. The molecule has 0 unspecified atom stereocenters. The molecule has 1 aromatic rings. The summed E-state index contributed by atoms with van der Waals surface area (Å²) in [6.07, 6.45) is 0.618. The standard InChI is InChI=1S/C14H19FN2O4S2/c15-12-1-3-14(4-2-12)23(20,21)17-8-6-16(7-9-17)13-5-10-22(18,19)11-13/h1-4,13H,5-11H2/t13-/m0/s1. The maximum Gasteiger partial charge on any atom is 0.243 e. The van der Waals surface area contributed by atoms with Gasteiger partial charge >= 0.3 is 0 Å². The van der Waals surface area contributed by atoms with Crippen LogP contribution in [0, 0.1) is 5.82 Å². The highest BCUT2D eigenvalue weighted by atomic mass is 32.2. The Balaban J connectivity index is 1.65. The van der Waals surface area contributed by atoms with Crippen LogP contribution in [0.1, 0.15) is 6.42 Å². The average Bonchev–Trinajstić information content (AvgIpc) is 2.88.